The number of methoxy groups -OCH3 is 3. The first-order valence-corrected chi connectivity index (χ1v) is 9.13. The van der Waals surface area contributed by atoms with Crippen molar-refractivity contribution < 1.29 is 28.9 Å². The third-order valence-electron chi connectivity index (χ3n) is 3.61. The summed E-state index contributed by atoms with van der Waals surface area (Å²) in [5, 5.41) is 11.5. The summed E-state index contributed by atoms with van der Waals surface area (Å²) in [6.07, 6.45) is 0. The molecule has 27 heavy (non-hydrogen) atoms. The first kappa shape index (κ1) is 20.4. The second-order valence-corrected chi connectivity index (χ2v) is 6.44. The zero-order valence-corrected chi connectivity index (χ0v) is 16.1. The summed E-state index contributed by atoms with van der Waals surface area (Å²) in [6.45, 7) is 0. The van der Waals surface area contributed by atoms with Gasteiger partial charge in [0.2, 0.25) is 5.75 Å². The lowest BCUT2D eigenvalue weighted by Gasteiger charge is -2.14. The van der Waals surface area contributed by atoms with Gasteiger partial charge >= 0.3 is 5.97 Å². The molecule has 2 N–H and O–H groups in total. The van der Waals surface area contributed by atoms with E-state index in [9.17, 15) is 9.59 Å². The van der Waals surface area contributed by atoms with Crippen LogP contribution in [-0.2, 0) is 10.5 Å². The molecule has 0 aliphatic carbocycles. The van der Waals surface area contributed by atoms with Crippen molar-refractivity contribution in [2.24, 2.45) is 0 Å². The van der Waals surface area contributed by atoms with Crippen LogP contribution in [0.15, 0.2) is 36.4 Å². The monoisotopic (exact) mass is 391 g/mol. The molecule has 0 spiro atoms. The molecule has 8 heteroatoms. The highest BCUT2D eigenvalue weighted by molar-refractivity contribution is 7.99. The summed E-state index contributed by atoms with van der Waals surface area (Å²) in [5.74, 6) is 0.578. The van der Waals surface area contributed by atoms with E-state index < -0.39 is 5.97 Å². The molecular weight excluding hydrogens is 370 g/mol. The van der Waals surface area contributed by atoms with Crippen molar-refractivity contribution in [1.29, 1.82) is 0 Å². The molecule has 0 bridgehead atoms. The molecule has 2 aromatic carbocycles. The molecule has 0 aliphatic heterocycles. The average molecular weight is 391 g/mol. The van der Waals surface area contributed by atoms with E-state index in [-0.39, 0.29) is 11.7 Å². The maximum Gasteiger partial charge on any atom is 0.313 e. The second-order valence-electron chi connectivity index (χ2n) is 5.46. The van der Waals surface area contributed by atoms with Crippen LogP contribution in [0.4, 0.5) is 5.69 Å². The highest BCUT2D eigenvalue weighted by Gasteiger charge is 2.17. The molecule has 144 valence electrons. The molecule has 0 saturated heterocycles. The van der Waals surface area contributed by atoms with Crippen molar-refractivity contribution in [2.45, 2.75) is 5.75 Å². The number of carbonyl (C=O) groups excluding carboxylic acids is 1. The van der Waals surface area contributed by atoms with E-state index in [4.69, 9.17) is 19.3 Å². The zero-order valence-electron chi connectivity index (χ0n) is 15.3. The summed E-state index contributed by atoms with van der Waals surface area (Å²) in [6, 6.07) is 10.4. The van der Waals surface area contributed by atoms with Gasteiger partial charge in [0.25, 0.3) is 5.91 Å². The summed E-state index contributed by atoms with van der Waals surface area (Å²) < 4.78 is 15.8. The Morgan fingerprint density at radius 1 is 1.04 bits per heavy atom. The Morgan fingerprint density at radius 2 is 1.70 bits per heavy atom. The highest BCUT2D eigenvalue weighted by Crippen LogP contribution is 2.38. The van der Waals surface area contributed by atoms with E-state index >= 15 is 0 Å². The Hall–Kier alpha value is -2.87. The molecule has 2 aromatic rings. The topological polar surface area (TPSA) is 94.1 Å². The van der Waals surface area contributed by atoms with Crippen LogP contribution in [0.25, 0.3) is 0 Å². The van der Waals surface area contributed by atoms with Gasteiger partial charge in [-0.25, -0.2) is 0 Å². The number of anilines is 1. The SMILES string of the molecule is COc1cc(C(=O)Nc2cccc(CSCC(=O)O)c2)cc(OC)c1OC. The smallest absolute Gasteiger partial charge is 0.313 e. The maximum absolute atomic E-state index is 12.6. The summed E-state index contributed by atoms with van der Waals surface area (Å²) in [4.78, 5) is 23.2. The Morgan fingerprint density at radius 3 is 2.26 bits per heavy atom. The first-order valence-electron chi connectivity index (χ1n) is 7.98. The van der Waals surface area contributed by atoms with Gasteiger partial charge in [-0.2, -0.15) is 0 Å². The van der Waals surface area contributed by atoms with E-state index in [1.807, 2.05) is 18.2 Å². The number of amides is 1. The molecule has 0 unspecified atom stereocenters. The largest absolute Gasteiger partial charge is 0.493 e. The van der Waals surface area contributed by atoms with Crippen LogP contribution in [0, 0.1) is 0 Å². The molecular formula is C19H21NO6S. The molecule has 1 amide bonds. The van der Waals surface area contributed by atoms with Gasteiger partial charge in [0, 0.05) is 17.0 Å². The van der Waals surface area contributed by atoms with Crippen molar-refractivity contribution in [3.05, 3.63) is 47.5 Å². The normalized spacial score (nSPS) is 10.2. The molecule has 0 aromatic heterocycles. The van der Waals surface area contributed by atoms with E-state index in [1.54, 1.807) is 18.2 Å². The third kappa shape index (κ3) is 5.55. The fourth-order valence-corrected chi connectivity index (χ4v) is 3.10. The number of aliphatic carboxylic acids is 1. The number of carboxylic acids is 1. The number of rotatable bonds is 9. The Bertz CT molecular complexity index is 799. The lowest BCUT2D eigenvalue weighted by atomic mass is 10.1. The molecule has 0 atom stereocenters. The van der Waals surface area contributed by atoms with Crippen LogP contribution < -0.4 is 19.5 Å². The molecule has 0 aliphatic rings. The van der Waals surface area contributed by atoms with Gasteiger partial charge in [-0.3, -0.25) is 9.59 Å². The quantitative estimate of drug-likeness (QED) is 0.677. The number of carbonyl (C=O) groups is 2. The van der Waals surface area contributed by atoms with Gasteiger partial charge in [-0.1, -0.05) is 12.1 Å². The van der Waals surface area contributed by atoms with Crippen LogP contribution in [-0.4, -0.2) is 44.1 Å². The zero-order chi connectivity index (χ0) is 19.8. The van der Waals surface area contributed by atoms with Gasteiger partial charge in [-0.15, -0.1) is 11.8 Å². The first-order chi connectivity index (χ1) is 13.0. The lowest BCUT2D eigenvalue weighted by molar-refractivity contribution is -0.133. The molecule has 0 saturated carbocycles. The van der Waals surface area contributed by atoms with Crippen LogP contribution in [0.3, 0.4) is 0 Å². The average Bonchev–Trinajstić information content (AvgIpc) is 2.66. The molecule has 2 rings (SSSR count). The predicted molar refractivity (Wildman–Crippen MR) is 104 cm³/mol. The number of hydrogen-bond acceptors (Lipinski definition) is 6. The van der Waals surface area contributed by atoms with Crippen LogP contribution in [0.2, 0.25) is 0 Å². The van der Waals surface area contributed by atoms with Gasteiger partial charge in [0.05, 0.1) is 27.1 Å². The Balaban J connectivity index is 2.16. The van der Waals surface area contributed by atoms with E-state index in [0.29, 0.717) is 34.3 Å². The number of thioether (sulfide) groups is 1. The van der Waals surface area contributed by atoms with Crippen molar-refractivity contribution in [2.75, 3.05) is 32.4 Å². The molecule has 7 nitrogen and oxygen atoms in total. The summed E-state index contributed by atoms with van der Waals surface area (Å²) >= 11 is 1.29. The van der Waals surface area contributed by atoms with Gasteiger partial charge in [0.1, 0.15) is 0 Å². The molecule has 0 radical (unpaired) electrons. The van der Waals surface area contributed by atoms with Crippen molar-refractivity contribution >= 4 is 29.3 Å². The fraction of sp³-hybridized carbons (Fsp3) is 0.263. The standard InChI is InChI=1S/C19H21NO6S/c1-24-15-8-13(9-16(25-2)18(15)26-3)19(23)20-14-6-4-5-12(7-14)10-27-11-17(21)22/h4-9H,10-11H2,1-3H3,(H,20,23)(H,21,22). The van der Waals surface area contributed by atoms with E-state index in [0.717, 1.165) is 5.56 Å². The molecule has 0 fully saturated rings. The summed E-state index contributed by atoms with van der Waals surface area (Å²) in [5.41, 5.74) is 1.89. The number of benzene rings is 2. The molecule has 0 heterocycles. The van der Waals surface area contributed by atoms with Gasteiger partial charge in [0.15, 0.2) is 11.5 Å². The van der Waals surface area contributed by atoms with Gasteiger partial charge in [-0.05, 0) is 29.8 Å². The lowest BCUT2D eigenvalue weighted by Crippen LogP contribution is -2.12. The third-order valence-corrected chi connectivity index (χ3v) is 4.59. The maximum atomic E-state index is 12.6. The van der Waals surface area contributed by atoms with Crippen molar-refractivity contribution in [3.63, 3.8) is 0 Å². The Kier molecular flexibility index (Phi) is 7.36. The van der Waals surface area contributed by atoms with E-state index in [1.165, 1.54) is 33.1 Å². The van der Waals surface area contributed by atoms with E-state index in [2.05, 4.69) is 5.32 Å². The van der Waals surface area contributed by atoms with Gasteiger partial charge < -0.3 is 24.6 Å². The Labute approximate surface area is 161 Å². The minimum atomic E-state index is -0.855. The highest BCUT2D eigenvalue weighted by atomic mass is 32.2. The van der Waals surface area contributed by atoms with Crippen LogP contribution >= 0.6 is 11.8 Å². The predicted octanol–water partition coefficient (Wildman–Crippen LogP) is 3.28. The summed E-state index contributed by atoms with van der Waals surface area (Å²) in [7, 11) is 4.46. The minimum absolute atomic E-state index is 0.0298. The van der Waals surface area contributed by atoms with Crippen LogP contribution in [0.5, 0.6) is 17.2 Å². The van der Waals surface area contributed by atoms with Crippen molar-refractivity contribution in [1.82, 2.24) is 0 Å². The number of carboxylic acid groups (broad SMARTS) is 1. The fourth-order valence-electron chi connectivity index (χ4n) is 2.41. The number of nitrogens with one attached hydrogen (secondary N) is 1. The number of hydrogen-bond donors (Lipinski definition) is 2. The van der Waals surface area contributed by atoms with Crippen LogP contribution in [0.1, 0.15) is 15.9 Å². The number of ether oxygens (including phenoxy) is 3. The van der Waals surface area contributed by atoms with Crippen molar-refractivity contribution in [3.8, 4) is 17.2 Å². The minimum Gasteiger partial charge on any atom is -0.493 e. The second kappa shape index (κ2) is 9.72.